The second-order valence-electron chi connectivity index (χ2n) is 21.7. The molecule has 2 aromatic rings. The van der Waals surface area contributed by atoms with Crippen LogP contribution in [-0.4, -0.2) is 151 Å². The van der Waals surface area contributed by atoms with Gasteiger partial charge in [0.15, 0.2) is 0 Å². The van der Waals surface area contributed by atoms with Gasteiger partial charge in [-0.1, -0.05) is 116 Å². The second-order valence-corrected chi connectivity index (χ2v) is 21.7. The van der Waals surface area contributed by atoms with Gasteiger partial charge in [0.05, 0.1) is 0 Å². The predicted octanol–water partition coefficient (Wildman–Crippen LogP) is 10.9. The lowest BCUT2D eigenvalue weighted by molar-refractivity contribution is 0.235. The smallest absolute Gasteiger partial charge is 0.0215 e. The zero-order valence-electron chi connectivity index (χ0n) is 41.6. The molecule has 0 spiro atoms. The zero-order valence-corrected chi connectivity index (χ0v) is 41.6. The van der Waals surface area contributed by atoms with Crippen LogP contribution in [0.1, 0.15) is 154 Å². The van der Waals surface area contributed by atoms with Gasteiger partial charge in [0.25, 0.3) is 0 Å². The van der Waals surface area contributed by atoms with Crippen LogP contribution in [0.25, 0.3) is 11.1 Å². The van der Waals surface area contributed by atoms with Crippen molar-refractivity contribution in [1.29, 1.82) is 0 Å². The molecule has 0 saturated carbocycles. The van der Waals surface area contributed by atoms with Gasteiger partial charge in [-0.05, 0) is 217 Å². The van der Waals surface area contributed by atoms with Crippen LogP contribution in [0.2, 0.25) is 0 Å². The van der Waals surface area contributed by atoms with Crippen LogP contribution in [0, 0.1) is 0 Å². The molecule has 0 fully saturated rings. The maximum Gasteiger partial charge on any atom is 0.0215 e. The zero-order chi connectivity index (χ0) is 43.6. The molecule has 0 bridgehead atoms. The van der Waals surface area contributed by atoms with E-state index in [1.165, 1.54) is 178 Å². The first-order valence-electron chi connectivity index (χ1n) is 24.2. The minimum absolute atomic E-state index is 0.0853. The Morgan fingerprint density at radius 3 is 0.932 bits per heavy atom. The molecule has 2 aromatic carbocycles. The predicted molar refractivity (Wildman–Crippen MR) is 262 cm³/mol. The third kappa shape index (κ3) is 17.8. The average molecular weight is 817 g/mol. The molecule has 6 heteroatoms. The summed E-state index contributed by atoms with van der Waals surface area (Å²) in [6, 6.07) is 15.2. The molecule has 338 valence electrons. The lowest BCUT2D eigenvalue weighted by Gasteiger charge is -2.35. The summed E-state index contributed by atoms with van der Waals surface area (Å²) in [7, 11) is 17.6. The summed E-state index contributed by atoms with van der Waals surface area (Å²) >= 11 is 0. The first kappa shape index (κ1) is 51.5. The van der Waals surface area contributed by atoms with Crippen LogP contribution < -0.4 is 0 Å². The van der Waals surface area contributed by atoms with E-state index in [-0.39, 0.29) is 16.2 Å². The van der Waals surface area contributed by atoms with E-state index < -0.39 is 0 Å². The molecule has 0 aromatic heterocycles. The van der Waals surface area contributed by atoms with E-state index in [2.05, 4.69) is 164 Å². The van der Waals surface area contributed by atoms with Gasteiger partial charge in [0, 0.05) is 5.41 Å². The first-order valence-corrected chi connectivity index (χ1v) is 24.2. The minimum Gasteiger partial charge on any atom is -0.309 e. The fraction of sp³-hybridized carbons (Fsp3) is 0.774. The summed E-state index contributed by atoms with van der Waals surface area (Å²) in [4.78, 5) is 14.8. The number of nitrogens with zero attached hydrogens (tertiary/aromatic N) is 6. The highest BCUT2D eigenvalue weighted by Crippen LogP contribution is 2.55. The molecule has 59 heavy (non-hydrogen) atoms. The molecule has 1 aliphatic carbocycles. The Morgan fingerprint density at radius 1 is 0.356 bits per heavy atom. The fourth-order valence-corrected chi connectivity index (χ4v) is 9.44. The minimum atomic E-state index is 0.0853. The molecular weight excluding hydrogens is 721 g/mol. The number of rotatable bonds is 30. The van der Waals surface area contributed by atoms with E-state index in [1.54, 1.807) is 11.1 Å². The van der Waals surface area contributed by atoms with E-state index in [0.717, 1.165) is 0 Å². The quantitative estimate of drug-likeness (QED) is 0.0727. The van der Waals surface area contributed by atoms with E-state index in [9.17, 15) is 0 Å². The molecule has 0 radical (unpaired) electrons. The van der Waals surface area contributed by atoms with Crippen molar-refractivity contribution in [3.05, 3.63) is 58.7 Å². The van der Waals surface area contributed by atoms with Gasteiger partial charge in [-0.3, -0.25) is 0 Å². The van der Waals surface area contributed by atoms with Gasteiger partial charge in [-0.2, -0.15) is 0 Å². The summed E-state index contributed by atoms with van der Waals surface area (Å²) < 4.78 is 0. The van der Waals surface area contributed by atoms with Crippen molar-refractivity contribution < 1.29 is 0 Å². The topological polar surface area (TPSA) is 19.4 Å². The van der Waals surface area contributed by atoms with E-state index in [4.69, 9.17) is 0 Å². The van der Waals surface area contributed by atoms with Gasteiger partial charge >= 0.3 is 0 Å². The van der Waals surface area contributed by atoms with Crippen LogP contribution in [0.5, 0.6) is 0 Å². The molecule has 0 atom stereocenters. The third-order valence-electron chi connectivity index (χ3n) is 13.1. The summed E-state index contributed by atoms with van der Waals surface area (Å²) in [6.07, 6.45) is 18.1. The SMILES string of the molecule is CN(C)CCCN(CCCCCCC1(CCCCCCN(CCCN(C)C)CCCN(C)C)c2cc(C(C)(C)C)ccc2-c2ccc(C(C)(C)C)cc21)CCCN(C)C. The lowest BCUT2D eigenvalue weighted by atomic mass is 9.69. The molecule has 0 N–H and O–H groups in total. The number of hydrogen-bond donors (Lipinski definition) is 0. The maximum atomic E-state index is 2.76. The van der Waals surface area contributed by atoms with Crippen LogP contribution >= 0.6 is 0 Å². The van der Waals surface area contributed by atoms with Crippen LogP contribution in [0.3, 0.4) is 0 Å². The van der Waals surface area contributed by atoms with Crippen molar-refractivity contribution in [2.24, 2.45) is 0 Å². The molecule has 6 nitrogen and oxygen atoms in total. The Kier molecular flexibility index (Phi) is 22.1. The Balaban J connectivity index is 1.79. The normalized spacial score (nSPS) is 14.2. The first-order chi connectivity index (χ1) is 27.8. The highest BCUT2D eigenvalue weighted by atomic mass is 15.1. The molecule has 0 aliphatic heterocycles. The Bertz CT molecular complexity index is 1310. The molecule has 1 aliphatic rings. The van der Waals surface area contributed by atoms with E-state index in [1.807, 2.05) is 0 Å². The lowest BCUT2D eigenvalue weighted by Crippen LogP contribution is -2.31. The largest absolute Gasteiger partial charge is 0.309 e. The van der Waals surface area contributed by atoms with E-state index >= 15 is 0 Å². The number of unbranched alkanes of at least 4 members (excludes halogenated alkanes) is 6. The second kappa shape index (κ2) is 25.3. The number of hydrogen-bond acceptors (Lipinski definition) is 6. The van der Waals surface area contributed by atoms with Crippen molar-refractivity contribution >= 4 is 0 Å². The number of fused-ring (bicyclic) bond motifs is 3. The molecule has 0 heterocycles. The van der Waals surface area contributed by atoms with Crippen LogP contribution in [-0.2, 0) is 16.2 Å². The van der Waals surface area contributed by atoms with Gasteiger partial charge in [-0.15, -0.1) is 0 Å². The van der Waals surface area contributed by atoms with Crippen molar-refractivity contribution in [3.8, 4) is 11.1 Å². The summed E-state index contributed by atoms with van der Waals surface area (Å²) in [6.45, 7) is 26.4. The monoisotopic (exact) mass is 817 g/mol. The summed E-state index contributed by atoms with van der Waals surface area (Å²) in [5, 5.41) is 0. The van der Waals surface area contributed by atoms with Gasteiger partial charge in [-0.25, -0.2) is 0 Å². The van der Waals surface area contributed by atoms with Crippen molar-refractivity contribution in [2.75, 3.05) is 122 Å². The Morgan fingerprint density at radius 2 is 0.644 bits per heavy atom. The number of benzene rings is 2. The molecule has 0 amide bonds. The average Bonchev–Trinajstić information content (AvgIpc) is 3.41. The third-order valence-corrected chi connectivity index (χ3v) is 13.1. The highest BCUT2D eigenvalue weighted by molar-refractivity contribution is 5.82. The standard InChI is InChI=1S/C53H96N6/c1-51(2,3)45-27-29-47-48-30-28-46(52(4,5)6)44-50(48)53(49(47)43-45,31-19-15-17-21-37-58(39-23-33-54(7)8)40-24-34-55(9)10)32-20-16-18-22-38-59(41-25-35-56(11)12)42-26-36-57(13)14/h27-30,43-44H,15-26,31-42H2,1-14H3. The van der Waals surface area contributed by atoms with Crippen molar-refractivity contribution in [1.82, 2.24) is 29.4 Å². The van der Waals surface area contributed by atoms with Crippen LogP contribution in [0.4, 0.5) is 0 Å². The van der Waals surface area contributed by atoms with Crippen molar-refractivity contribution in [3.63, 3.8) is 0 Å². The molecule has 3 rings (SSSR count). The van der Waals surface area contributed by atoms with Gasteiger partial charge < -0.3 is 29.4 Å². The molecule has 0 unspecified atom stereocenters. The Labute approximate surface area is 367 Å². The summed E-state index contributed by atoms with van der Waals surface area (Å²) in [5.74, 6) is 0. The summed E-state index contributed by atoms with van der Waals surface area (Å²) in [5.41, 5.74) is 9.58. The van der Waals surface area contributed by atoms with E-state index in [0.29, 0.717) is 0 Å². The van der Waals surface area contributed by atoms with Crippen LogP contribution in [0.15, 0.2) is 36.4 Å². The maximum absolute atomic E-state index is 2.76. The molecule has 0 saturated heterocycles. The van der Waals surface area contributed by atoms with Gasteiger partial charge in [0.2, 0.25) is 0 Å². The fourth-order valence-electron chi connectivity index (χ4n) is 9.44. The van der Waals surface area contributed by atoms with Gasteiger partial charge in [0.1, 0.15) is 0 Å². The Hall–Kier alpha value is -1.80. The van der Waals surface area contributed by atoms with Crippen molar-refractivity contribution in [2.45, 2.75) is 148 Å². The molecular formula is C53H96N6. The highest BCUT2D eigenvalue weighted by Gasteiger charge is 2.43.